The molecule has 0 radical (unpaired) electrons. The fourth-order valence-electron chi connectivity index (χ4n) is 3.43. The molecule has 0 aliphatic rings. The molecule has 0 fully saturated rings. The molecule has 1 heterocycles. The van der Waals surface area contributed by atoms with E-state index in [0.717, 1.165) is 11.1 Å². The first-order valence-corrected chi connectivity index (χ1v) is 9.10. The second-order valence-electron chi connectivity index (χ2n) is 7.34. The average Bonchev–Trinajstić information content (AvgIpc) is 2.98. The Morgan fingerprint density at radius 3 is 2.27 bits per heavy atom. The van der Waals surface area contributed by atoms with Gasteiger partial charge >= 0.3 is 0 Å². The van der Waals surface area contributed by atoms with Crippen molar-refractivity contribution in [2.24, 2.45) is 0 Å². The van der Waals surface area contributed by atoms with Gasteiger partial charge in [0.2, 0.25) is 0 Å². The van der Waals surface area contributed by atoms with Crippen LogP contribution in [0.4, 0.5) is 5.69 Å². The number of hydrogen-bond donors (Lipinski definition) is 3. The van der Waals surface area contributed by atoms with Gasteiger partial charge in [0.1, 0.15) is 0 Å². The molecule has 4 N–H and O–H groups in total. The highest BCUT2D eigenvalue weighted by Crippen LogP contribution is 2.27. The molecule has 138 valence electrons. The molecule has 0 saturated heterocycles. The number of nitrogens with two attached hydrogens (primary N) is 1. The number of nitrogen functional groups attached to an aromatic ring is 1. The molecule has 0 aliphatic heterocycles. The van der Waals surface area contributed by atoms with E-state index < -0.39 is 0 Å². The van der Waals surface area contributed by atoms with Crippen LogP contribution in [0.15, 0.2) is 30.3 Å². The van der Waals surface area contributed by atoms with Gasteiger partial charge in [-0.3, -0.25) is 5.10 Å². The smallest absolute Gasteiger partial charge is 0.0926 e. The largest absolute Gasteiger partial charge is 0.398 e. The second kappa shape index (κ2) is 8.17. The summed E-state index contributed by atoms with van der Waals surface area (Å²) in [4.78, 5) is 0. The molecule has 0 unspecified atom stereocenters. The molecule has 0 amide bonds. The van der Waals surface area contributed by atoms with E-state index in [9.17, 15) is 0 Å². The van der Waals surface area contributed by atoms with Crippen molar-refractivity contribution in [3.05, 3.63) is 58.3 Å². The Morgan fingerprint density at radius 1 is 1.04 bits per heavy atom. The molecule has 0 aliphatic carbocycles. The van der Waals surface area contributed by atoms with E-state index in [4.69, 9.17) is 11.1 Å². The van der Waals surface area contributed by atoms with Gasteiger partial charge in [-0.05, 0) is 54.5 Å². The minimum absolute atomic E-state index is 0.417. The van der Waals surface area contributed by atoms with Gasteiger partial charge < -0.3 is 11.1 Å². The third kappa shape index (κ3) is 3.96. The van der Waals surface area contributed by atoms with Gasteiger partial charge in [-0.2, -0.15) is 5.10 Å². The molecule has 26 heavy (non-hydrogen) atoms. The molecule has 3 aromatic rings. The highest BCUT2D eigenvalue weighted by molar-refractivity contribution is 5.88. The van der Waals surface area contributed by atoms with Crippen molar-refractivity contribution in [3.8, 4) is 0 Å². The van der Waals surface area contributed by atoms with Gasteiger partial charge in [-0.25, -0.2) is 0 Å². The van der Waals surface area contributed by atoms with Crippen molar-refractivity contribution in [2.45, 2.75) is 53.4 Å². The van der Waals surface area contributed by atoms with Crippen molar-refractivity contribution in [3.63, 3.8) is 0 Å². The number of benzene rings is 2. The molecule has 1 aromatic heterocycles. The summed E-state index contributed by atoms with van der Waals surface area (Å²) in [6.45, 7) is 12.8. The van der Waals surface area contributed by atoms with Gasteiger partial charge in [0.15, 0.2) is 0 Å². The maximum Gasteiger partial charge on any atom is 0.0926 e. The van der Waals surface area contributed by atoms with Gasteiger partial charge in [0, 0.05) is 28.5 Å². The number of fused-ring (bicyclic) bond motifs is 1. The SMILES string of the molecule is Cc1[nH]nc2cccc(C(C)C)c12.Cc1ccc(N)c(C=N)c1C(C)C. The molecule has 0 atom stereocenters. The van der Waals surface area contributed by atoms with Gasteiger partial charge in [-0.15, -0.1) is 0 Å². The Balaban J connectivity index is 0.000000187. The van der Waals surface area contributed by atoms with Gasteiger partial charge in [0.05, 0.1) is 5.52 Å². The number of hydrogen-bond acceptors (Lipinski definition) is 3. The number of H-pyrrole nitrogens is 1. The normalized spacial score (nSPS) is 10.9. The van der Waals surface area contributed by atoms with E-state index in [1.807, 2.05) is 18.2 Å². The summed E-state index contributed by atoms with van der Waals surface area (Å²) >= 11 is 0. The van der Waals surface area contributed by atoms with Crippen LogP contribution in [0.1, 0.15) is 67.5 Å². The van der Waals surface area contributed by atoms with Crippen LogP contribution < -0.4 is 5.73 Å². The summed E-state index contributed by atoms with van der Waals surface area (Å²) in [5.41, 5.74) is 13.4. The fraction of sp³-hybridized carbons (Fsp3) is 0.364. The van der Waals surface area contributed by atoms with Crippen LogP contribution in [0.2, 0.25) is 0 Å². The van der Waals surface area contributed by atoms with E-state index in [2.05, 4.69) is 63.9 Å². The summed E-state index contributed by atoms with van der Waals surface area (Å²) < 4.78 is 0. The van der Waals surface area contributed by atoms with E-state index >= 15 is 0 Å². The molecule has 0 bridgehead atoms. The lowest BCUT2D eigenvalue weighted by molar-refractivity contribution is 0.855. The Bertz CT molecular complexity index is 904. The quantitative estimate of drug-likeness (QED) is 0.419. The zero-order valence-corrected chi connectivity index (χ0v) is 16.6. The fourth-order valence-corrected chi connectivity index (χ4v) is 3.43. The van der Waals surface area contributed by atoms with Crippen LogP contribution in [0.25, 0.3) is 10.9 Å². The third-order valence-corrected chi connectivity index (χ3v) is 4.68. The van der Waals surface area contributed by atoms with Gasteiger partial charge in [-0.1, -0.05) is 45.9 Å². The number of anilines is 1. The summed E-state index contributed by atoms with van der Waals surface area (Å²) in [7, 11) is 0. The number of aromatic amines is 1. The minimum atomic E-state index is 0.417. The highest BCUT2D eigenvalue weighted by atomic mass is 15.1. The maximum atomic E-state index is 7.31. The van der Waals surface area contributed by atoms with E-state index in [1.165, 1.54) is 34.0 Å². The van der Waals surface area contributed by atoms with Crippen LogP contribution in [-0.4, -0.2) is 16.4 Å². The molecule has 4 heteroatoms. The minimum Gasteiger partial charge on any atom is -0.398 e. The van der Waals surface area contributed by atoms with Crippen LogP contribution in [0.5, 0.6) is 0 Å². The van der Waals surface area contributed by atoms with Crippen molar-refractivity contribution >= 4 is 22.8 Å². The molecular formula is C22H30N4. The molecule has 2 aromatic carbocycles. The van der Waals surface area contributed by atoms with E-state index in [-0.39, 0.29) is 0 Å². The number of aromatic nitrogens is 2. The Hall–Kier alpha value is -2.62. The van der Waals surface area contributed by atoms with Crippen LogP contribution >= 0.6 is 0 Å². The monoisotopic (exact) mass is 350 g/mol. The highest BCUT2D eigenvalue weighted by Gasteiger charge is 2.10. The Labute approximate surface area is 156 Å². The first kappa shape index (κ1) is 19.7. The number of aryl methyl sites for hydroxylation is 2. The second-order valence-corrected chi connectivity index (χ2v) is 7.34. The predicted molar refractivity (Wildman–Crippen MR) is 112 cm³/mol. The van der Waals surface area contributed by atoms with Crippen molar-refractivity contribution < 1.29 is 0 Å². The predicted octanol–water partition coefficient (Wildman–Crippen LogP) is 5.69. The lowest BCUT2D eigenvalue weighted by Crippen LogP contribution is -2.03. The molecular weight excluding hydrogens is 320 g/mol. The number of nitrogens with zero attached hydrogens (tertiary/aromatic N) is 1. The van der Waals surface area contributed by atoms with Crippen LogP contribution in [-0.2, 0) is 0 Å². The van der Waals surface area contributed by atoms with Crippen LogP contribution in [0.3, 0.4) is 0 Å². The molecule has 4 nitrogen and oxygen atoms in total. The van der Waals surface area contributed by atoms with Crippen molar-refractivity contribution in [1.82, 2.24) is 10.2 Å². The molecule has 0 saturated carbocycles. The number of rotatable bonds is 3. The molecule has 3 rings (SSSR count). The lowest BCUT2D eigenvalue weighted by Gasteiger charge is -2.14. The van der Waals surface area contributed by atoms with Crippen LogP contribution in [0, 0.1) is 19.3 Å². The van der Waals surface area contributed by atoms with Crippen molar-refractivity contribution in [1.29, 1.82) is 5.41 Å². The number of nitrogens with one attached hydrogen (secondary N) is 2. The zero-order chi connectivity index (χ0) is 19.4. The maximum absolute atomic E-state index is 7.31. The summed E-state index contributed by atoms with van der Waals surface area (Å²) in [6, 6.07) is 10.2. The Kier molecular flexibility index (Phi) is 6.19. The Morgan fingerprint density at radius 2 is 1.73 bits per heavy atom. The van der Waals surface area contributed by atoms with E-state index in [1.54, 1.807) is 0 Å². The lowest BCUT2D eigenvalue weighted by atomic mass is 9.92. The third-order valence-electron chi connectivity index (χ3n) is 4.68. The van der Waals surface area contributed by atoms with Crippen molar-refractivity contribution in [2.75, 3.05) is 5.73 Å². The topological polar surface area (TPSA) is 78.6 Å². The van der Waals surface area contributed by atoms with Gasteiger partial charge in [0.25, 0.3) is 0 Å². The molecule has 0 spiro atoms. The summed E-state index contributed by atoms with van der Waals surface area (Å²) in [6.07, 6.45) is 1.34. The standard InChI is InChI=1S/C11H14N2.C11H16N2/c1-7(2)9-5-4-6-10-11(9)8(3)12-13-10;1-7(2)11-8(3)4-5-10(13)9(11)6-12/h4-7H,1-3H3,(H,12,13);4-7,12H,13H2,1-3H3. The summed E-state index contributed by atoms with van der Waals surface area (Å²) in [5.74, 6) is 0.972. The zero-order valence-electron chi connectivity index (χ0n) is 16.6. The average molecular weight is 351 g/mol. The summed E-state index contributed by atoms with van der Waals surface area (Å²) in [5, 5.41) is 15.9. The first-order valence-electron chi connectivity index (χ1n) is 9.10. The first-order chi connectivity index (χ1) is 12.3. The van der Waals surface area contributed by atoms with E-state index in [0.29, 0.717) is 17.5 Å².